The van der Waals surface area contributed by atoms with Crippen molar-refractivity contribution in [3.63, 3.8) is 0 Å². The van der Waals surface area contributed by atoms with Crippen molar-refractivity contribution in [2.75, 3.05) is 35.5 Å². The van der Waals surface area contributed by atoms with Crippen LogP contribution < -0.4 is 33.8 Å². The standard InChI is InChI=1S/C34H31N3O8/c1-40-25-13-9-12-23-29(21-10-7-6-8-11-21)31(36-30(23)25)33(38)37-35-19-20-14-15-24(26(16-20)41-2)45-34(39)22-17-27(42-3)32(44-5)28(18-22)43-4/h6-19,36H,1-5H3,(H,37,38). The Bertz CT molecular complexity index is 1860. The fourth-order valence-electron chi connectivity index (χ4n) is 4.86. The van der Waals surface area contributed by atoms with Gasteiger partial charge in [0.15, 0.2) is 23.0 Å². The lowest BCUT2D eigenvalue weighted by Gasteiger charge is -2.14. The maximum atomic E-state index is 13.4. The lowest BCUT2D eigenvalue weighted by Crippen LogP contribution is -2.18. The number of hydrazone groups is 1. The second kappa shape index (κ2) is 13.6. The predicted octanol–water partition coefficient (Wildman–Crippen LogP) is 5.86. The highest BCUT2D eigenvalue weighted by Gasteiger charge is 2.22. The molecule has 1 aromatic heterocycles. The largest absolute Gasteiger partial charge is 0.495 e. The molecular formula is C34H31N3O8. The number of methoxy groups -OCH3 is 5. The summed E-state index contributed by atoms with van der Waals surface area (Å²) in [5.41, 5.74) is 6.00. The van der Waals surface area contributed by atoms with Crippen molar-refractivity contribution in [3.05, 3.63) is 95.7 Å². The normalized spacial score (nSPS) is 10.9. The summed E-state index contributed by atoms with van der Waals surface area (Å²) >= 11 is 0. The number of rotatable bonds is 11. The summed E-state index contributed by atoms with van der Waals surface area (Å²) in [7, 11) is 7.41. The first-order valence-electron chi connectivity index (χ1n) is 13.7. The second-order valence-electron chi connectivity index (χ2n) is 9.54. The minimum atomic E-state index is -0.662. The maximum Gasteiger partial charge on any atom is 0.343 e. The van der Waals surface area contributed by atoms with Crippen molar-refractivity contribution in [1.82, 2.24) is 10.4 Å². The summed E-state index contributed by atoms with van der Waals surface area (Å²) in [6.07, 6.45) is 1.46. The predicted molar refractivity (Wildman–Crippen MR) is 169 cm³/mol. The Labute approximate surface area is 259 Å². The molecule has 45 heavy (non-hydrogen) atoms. The molecule has 2 N–H and O–H groups in total. The van der Waals surface area contributed by atoms with E-state index in [-0.39, 0.29) is 17.1 Å². The summed E-state index contributed by atoms with van der Waals surface area (Å²) in [5.74, 6) is 0.947. The van der Waals surface area contributed by atoms with Crippen LogP contribution in [0.15, 0.2) is 84.0 Å². The number of esters is 1. The number of amides is 1. The molecular weight excluding hydrogens is 578 g/mol. The van der Waals surface area contributed by atoms with Crippen LogP contribution in [0.1, 0.15) is 26.4 Å². The van der Waals surface area contributed by atoms with Gasteiger partial charge in [-0.25, -0.2) is 10.2 Å². The number of hydrogen-bond acceptors (Lipinski definition) is 9. The molecule has 0 saturated heterocycles. The van der Waals surface area contributed by atoms with Crippen LogP contribution in [0.3, 0.4) is 0 Å². The summed E-state index contributed by atoms with van der Waals surface area (Å²) in [5, 5.41) is 5.00. The van der Waals surface area contributed by atoms with Gasteiger partial charge in [0, 0.05) is 10.9 Å². The van der Waals surface area contributed by atoms with E-state index in [0.717, 1.165) is 16.5 Å². The Hall–Kier alpha value is -5.97. The number of aromatic nitrogens is 1. The van der Waals surface area contributed by atoms with Gasteiger partial charge in [0.25, 0.3) is 5.91 Å². The fraction of sp³-hybridized carbons (Fsp3) is 0.147. The van der Waals surface area contributed by atoms with Crippen LogP contribution >= 0.6 is 0 Å². The molecule has 11 nitrogen and oxygen atoms in total. The highest BCUT2D eigenvalue weighted by Crippen LogP contribution is 2.39. The van der Waals surface area contributed by atoms with Gasteiger partial charge in [0.05, 0.1) is 52.8 Å². The van der Waals surface area contributed by atoms with Crippen LogP contribution in [0, 0.1) is 0 Å². The molecule has 0 saturated carbocycles. The van der Waals surface area contributed by atoms with Gasteiger partial charge in [-0.05, 0) is 47.5 Å². The van der Waals surface area contributed by atoms with Crippen LogP contribution in [-0.2, 0) is 0 Å². The average molecular weight is 610 g/mol. The number of benzene rings is 4. The quantitative estimate of drug-likeness (QED) is 0.0825. The zero-order valence-corrected chi connectivity index (χ0v) is 25.3. The molecule has 0 bridgehead atoms. The van der Waals surface area contributed by atoms with Gasteiger partial charge in [-0.2, -0.15) is 5.10 Å². The van der Waals surface area contributed by atoms with Crippen molar-refractivity contribution >= 4 is 29.0 Å². The average Bonchev–Trinajstić information content (AvgIpc) is 3.48. The maximum absolute atomic E-state index is 13.4. The van der Waals surface area contributed by atoms with Crippen molar-refractivity contribution in [1.29, 1.82) is 0 Å². The minimum absolute atomic E-state index is 0.178. The molecule has 0 fully saturated rings. The van der Waals surface area contributed by atoms with E-state index in [1.165, 1.54) is 46.8 Å². The number of hydrogen-bond donors (Lipinski definition) is 2. The lowest BCUT2D eigenvalue weighted by atomic mass is 10.0. The van der Waals surface area contributed by atoms with E-state index < -0.39 is 11.9 Å². The van der Waals surface area contributed by atoms with E-state index in [4.69, 9.17) is 28.4 Å². The Balaban J connectivity index is 1.35. The molecule has 0 unspecified atom stereocenters. The first kappa shape index (κ1) is 30.5. The molecule has 0 atom stereocenters. The third kappa shape index (κ3) is 6.23. The summed E-state index contributed by atoms with van der Waals surface area (Å²) in [6, 6.07) is 23.1. The van der Waals surface area contributed by atoms with Crippen molar-refractivity contribution in [2.45, 2.75) is 0 Å². The first-order chi connectivity index (χ1) is 21.9. The molecule has 5 rings (SSSR count). The Morgan fingerprint density at radius 2 is 1.40 bits per heavy atom. The molecule has 0 aliphatic rings. The summed E-state index contributed by atoms with van der Waals surface area (Å²) < 4.78 is 32.5. The summed E-state index contributed by atoms with van der Waals surface area (Å²) in [6.45, 7) is 0. The number of fused-ring (bicyclic) bond motifs is 1. The Kier molecular flexibility index (Phi) is 9.18. The van der Waals surface area contributed by atoms with Gasteiger partial charge < -0.3 is 33.4 Å². The molecule has 0 aliphatic heterocycles. The number of para-hydroxylation sites is 1. The van der Waals surface area contributed by atoms with Crippen LogP contribution in [0.5, 0.6) is 34.5 Å². The number of aromatic amines is 1. The number of nitrogens with zero attached hydrogens (tertiary/aromatic N) is 1. The van der Waals surface area contributed by atoms with E-state index in [1.54, 1.807) is 25.3 Å². The van der Waals surface area contributed by atoms with Gasteiger partial charge in [-0.15, -0.1) is 0 Å². The smallest absolute Gasteiger partial charge is 0.343 e. The zero-order valence-electron chi connectivity index (χ0n) is 25.3. The van der Waals surface area contributed by atoms with Gasteiger partial charge >= 0.3 is 5.97 Å². The van der Waals surface area contributed by atoms with E-state index in [0.29, 0.717) is 39.8 Å². The Morgan fingerprint density at radius 3 is 2.04 bits per heavy atom. The molecule has 0 radical (unpaired) electrons. The Morgan fingerprint density at radius 1 is 0.711 bits per heavy atom. The lowest BCUT2D eigenvalue weighted by molar-refractivity contribution is 0.0728. The molecule has 4 aromatic carbocycles. The van der Waals surface area contributed by atoms with Gasteiger partial charge in [-0.1, -0.05) is 42.5 Å². The van der Waals surface area contributed by atoms with Crippen LogP contribution in [0.4, 0.5) is 0 Å². The molecule has 0 spiro atoms. The third-order valence-electron chi connectivity index (χ3n) is 6.98. The van der Waals surface area contributed by atoms with Crippen LogP contribution in [0.2, 0.25) is 0 Å². The van der Waals surface area contributed by atoms with E-state index in [2.05, 4.69) is 15.5 Å². The number of carbonyl (C=O) groups excluding carboxylic acids is 2. The molecule has 0 aliphatic carbocycles. The number of H-pyrrole nitrogens is 1. The molecule has 11 heteroatoms. The van der Waals surface area contributed by atoms with Gasteiger partial charge in [0.1, 0.15) is 11.4 Å². The molecule has 5 aromatic rings. The van der Waals surface area contributed by atoms with Crippen LogP contribution in [0.25, 0.3) is 22.0 Å². The van der Waals surface area contributed by atoms with Gasteiger partial charge in [0.2, 0.25) is 5.75 Å². The topological polar surface area (TPSA) is 130 Å². The van der Waals surface area contributed by atoms with E-state index >= 15 is 0 Å². The SMILES string of the molecule is COc1cc(C=NNC(=O)c2[nH]c3c(OC)cccc3c2-c2ccccc2)ccc1OC(=O)c1cc(OC)c(OC)c(OC)c1. The summed E-state index contributed by atoms with van der Waals surface area (Å²) in [4.78, 5) is 29.6. The zero-order chi connectivity index (χ0) is 31.9. The number of carbonyl (C=O) groups is 2. The van der Waals surface area contributed by atoms with Gasteiger partial charge in [-0.3, -0.25) is 4.79 Å². The third-order valence-corrected chi connectivity index (χ3v) is 6.98. The highest BCUT2D eigenvalue weighted by atomic mass is 16.6. The van der Waals surface area contributed by atoms with Crippen molar-refractivity contribution in [2.24, 2.45) is 5.10 Å². The van der Waals surface area contributed by atoms with E-state index in [1.807, 2.05) is 48.5 Å². The minimum Gasteiger partial charge on any atom is -0.495 e. The monoisotopic (exact) mass is 609 g/mol. The number of ether oxygens (including phenoxy) is 6. The number of nitrogens with one attached hydrogen (secondary N) is 2. The van der Waals surface area contributed by atoms with Crippen molar-refractivity contribution < 1.29 is 38.0 Å². The molecule has 230 valence electrons. The van der Waals surface area contributed by atoms with E-state index in [9.17, 15) is 9.59 Å². The molecule has 1 heterocycles. The second-order valence-corrected chi connectivity index (χ2v) is 9.54. The highest BCUT2D eigenvalue weighted by molar-refractivity contribution is 6.11. The van der Waals surface area contributed by atoms with Crippen LogP contribution in [-0.4, -0.2) is 58.6 Å². The fourth-order valence-corrected chi connectivity index (χ4v) is 4.86. The van der Waals surface area contributed by atoms with Crippen molar-refractivity contribution in [3.8, 4) is 45.6 Å². The molecule has 1 amide bonds. The first-order valence-corrected chi connectivity index (χ1v) is 13.7.